The number of carbonyl (C=O) groups is 1. The lowest BCUT2D eigenvalue weighted by atomic mass is 10.1. The number of ether oxygens (including phenoxy) is 1. The number of hydrogen-bond donors (Lipinski definition) is 1. The second-order valence-electron chi connectivity index (χ2n) is 6.76. The highest BCUT2D eigenvalue weighted by atomic mass is 16.5. The highest BCUT2D eigenvalue weighted by Crippen LogP contribution is 2.28. The molecule has 1 N–H and O–H groups in total. The Morgan fingerprint density at radius 2 is 1.53 bits per heavy atom. The zero-order valence-electron chi connectivity index (χ0n) is 16.6. The van der Waals surface area contributed by atoms with Crippen molar-refractivity contribution in [1.82, 2.24) is 9.97 Å². The molecule has 0 saturated heterocycles. The number of hydrogen-bond acceptors (Lipinski definition) is 4. The maximum atomic E-state index is 12.6. The molecule has 0 saturated carbocycles. The molecular weight excluding hydrogens is 374 g/mol. The van der Waals surface area contributed by atoms with Gasteiger partial charge >= 0.3 is 0 Å². The van der Waals surface area contributed by atoms with Gasteiger partial charge in [-0.25, -0.2) is 9.97 Å². The normalized spacial score (nSPS) is 10.4. The number of aromatic nitrogens is 2. The van der Waals surface area contributed by atoms with Crippen molar-refractivity contribution in [3.63, 3.8) is 0 Å². The third kappa shape index (κ3) is 4.52. The number of nitrogens with one attached hydrogen (secondary N) is 1. The Bertz CT molecular complexity index is 1130. The number of amides is 1. The molecule has 0 fully saturated rings. The first-order valence-corrected chi connectivity index (χ1v) is 9.63. The molecular formula is C25H21N3O2. The molecule has 1 aromatic heterocycles. The van der Waals surface area contributed by atoms with E-state index in [1.165, 1.54) is 0 Å². The maximum Gasteiger partial charge on any atom is 0.230 e. The molecule has 4 rings (SSSR count). The van der Waals surface area contributed by atoms with Crippen LogP contribution in [0, 0.1) is 0 Å². The van der Waals surface area contributed by atoms with Gasteiger partial charge in [0.15, 0.2) is 5.82 Å². The molecule has 1 amide bonds. The fourth-order valence-electron chi connectivity index (χ4n) is 3.14. The summed E-state index contributed by atoms with van der Waals surface area (Å²) in [6.07, 6.45) is 1.95. The van der Waals surface area contributed by atoms with Crippen LogP contribution in [0.25, 0.3) is 22.5 Å². The van der Waals surface area contributed by atoms with Crippen molar-refractivity contribution in [2.75, 3.05) is 12.4 Å². The lowest BCUT2D eigenvalue weighted by Crippen LogP contribution is -2.16. The van der Waals surface area contributed by atoms with E-state index < -0.39 is 0 Å². The summed E-state index contributed by atoms with van der Waals surface area (Å²) in [6, 6.07) is 27.0. The molecule has 0 unspecified atom stereocenters. The Morgan fingerprint density at radius 1 is 0.867 bits per heavy atom. The van der Waals surface area contributed by atoms with E-state index in [1.54, 1.807) is 13.3 Å². The first-order valence-electron chi connectivity index (χ1n) is 9.63. The van der Waals surface area contributed by atoms with Gasteiger partial charge in [0.05, 0.1) is 25.4 Å². The number of nitrogens with zero attached hydrogens (tertiary/aromatic N) is 2. The van der Waals surface area contributed by atoms with E-state index in [1.807, 2.05) is 84.9 Å². The molecule has 4 aromatic rings. The topological polar surface area (TPSA) is 64.1 Å². The van der Waals surface area contributed by atoms with Crippen LogP contribution < -0.4 is 10.1 Å². The smallest absolute Gasteiger partial charge is 0.230 e. The minimum atomic E-state index is -0.134. The summed E-state index contributed by atoms with van der Waals surface area (Å²) in [5.41, 5.74) is 4.10. The highest BCUT2D eigenvalue weighted by Gasteiger charge is 2.14. The fourth-order valence-corrected chi connectivity index (χ4v) is 3.14. The minimum absolute atomic E-state index is 0.134. The summed E-state index contributed by atoms with van der Waals surface area (Å²) < 4.78 is 5.23. The first kappa shape index (κ1) is 19.3. The van der Waals surface area contributed by atoms with Crippen molar-refractivity contribution in [3.05, 3.63) is 96.7 Å². The molecule has 5 heteroatoms. The lowest BCUT2D eigenvalue weighted by molar-refractivity contribution is -0.115. The van der Waals surface area contributed by atoms with Crippen LogP contribution in [0.15, 0.2) is 91.1 Å². The van der Waals surface area contributed by atoms with E-state index in [2.05, 4.69) is 10.3 Å². The second kappa shape index (κ2) is 9.01. The SMILES string of the molecule is COc1ccc(-c2cnc(NC(=O)Cc3ccccc3)c(-c3ccccc3)n2)cc1. The molecule has 3 aromatic carbocycles. The monoisotopic (exact) mass is 395 g/mol. The van der Waals surface area contributed by atoms with Gasteiger partial charge in [-0.15, -0.1) is 0 Å². The molecule has 0 spiro atoms. The molecule has 5 nitrogen and oxygen atoms in total. The van der Waals surface area contributed by atoms with Crippen molar-refractivity contribution in [3.8, 4) is 28.3 Å². The van der Waals surface area contributed by atoms with Crippen molar-refractivity contribution in [1.29, 1.82) is 0 Å². The molecule has 0 aliphatic carbocycles. The Kier molecular flexibility index (Phi) is 5.80. The molecule has 0 aliphatic rings. The van der Waals surface area contributed by atoms with Crippen LogP contribution >= 0.6 is 0 Å². The van der Waals surface area contributed by atoms with Gasteiger partial charge in [-0.05, 0) is 29.8 Å². The lowest BCUT2D eigenvalue weighted by Gasteiger charge is -2.12. The first-order chi connectivity index (χ1) is 14.7. The maximum absolute atomic E-state index is 12.6. The fraction of sp³-hybridized carbons (Fsp3) is 0.0800. The third-order valence-electron chi connectivity index (χ3n) is 4.67. The van der Waals surface area contributed by atoms with E-state index >= 15 is 0 Å². The second-order valence-corrected chi connectivity index (χ2v) is 6.76. The summed E-state index contributed by atoms with van der Waals surface area (Å²) in [7, 11) is 1.63. The molecule has 0 atom stereocenters. The quantitative estimate of drug-likeness (QED) is 0.499. The van der Waals surface area contributed by atoms with Gasteiger partial charge in [0.25, 0.3) is 0 Å². The number of rotatable bonds is 6. The summed E-state index contributed by atoms with van der Waals surface area (Å²) in [4.78, 5) is 21.9. The van der Waals surface area contributed by atoms with Crippen LogP contribution in [-0.4, -0.2) is 23.0 Å². The average Bonchev–Trinajstić information content (AvgIpc) is 2.80. The Hall–Kier alpha value is -3.99. The minimum Gasteiger partial charge on any atom is -0.497 e. The number of benzene rings is 3. The molecule has 0 aliphatic heterocycles. The van der Waals surface area contributed by atoms with E-state index in [4.69, 9.17) is 9.72 Å². The Balaban J connectivity index is 1.66. The molecule has 30 heavy (non-hydrogen) atoms. The summed E-state index contributed by atoms with van der Waals surface area (Å²) in [5, 5.41) is 2.92. The van der Waals surface area contributed by atoms with Crippen molar-refractivity contribution >= 4 is 11.7 Å². The molecule has 0 radical (unpaired) electrons. The van der Waals surface area contributed by atoms with Crippen molar-refractivity contribution in [2.45, 2.75) is 6.42 Å². The molecule has 0 bridgehead atoms. The molecule has 1 heterocycles. The van der Waals surface area contributed by atoms with E-state index in [-0.39, 0.29) is 12.3 Å². The van der Waals surface area contributed by atoms with Crippen LogP contribution in [0.3, 0.4) is 0 Å². The van der Waals surface area contributed by atoms with Crippen molar-refractivity contribution in [2.24, 2.45) is 0 Å². The number of anilines is 1. The van der Waals surface area contributed by atoms with Crippen LogP contribution in [0.1, 0.15) is 5.56 Å². The van der Waals surface area contributed by atoms with Gasteiger partial charge in [0, 0.05) is 11.1 Å². The number of carbonyl (C=O) groups excluding carboxylic acids is 1. The van der Waals surface area contributed by atoms with Gasteiger partial charge in [-0.2, -0.15) is 0 Å². The van der Waals surface area contributed by atoms with Gasteiger partial charge in [-0.1, -0.05) is 60.7 Å². The van der Waals surface area contributed by atoms with E-state index in [9.17, 15) is 4.79 Å². The van der Waals surface area contributed by atoms with Gasteiger partial charge in [0.2, 0.25) is 5.91 Å². The predicted molar refractivity (Wildman–Crippen MR) is 118 cm³/mol. The standard InChI is InChI=1S/C25H21N3O2/c1-30-21-14-12-19(13-15-21)22-17-26-25(24(27-22)20-10-6-3-7-11-20)28-23(29)16-18-8-4-2-5-9-18/h2-15,17H,16H2,1H3,(H,26,28,29). The Labute approximate surface area is 175 Å². The van der Waals surface area contributed by atoms with Crippen LogP contribution in [0.5, 0.6) is 5.75 Å². The van der Waals surface area contributed by atoms with Crippen LogP contribution in [0.2, 0.25) is 0 Å². The van der Waals surface area contributed by atoms with Gasteiger partial charge in [-0.3, -0.25) is 4.79 Å². The zero-order valence-corrected chi connectivity index (χ0v) is 16.6. The number of methoxy groups -OCH3 is 1. The summed E-state index contributed by atoms with van der Waals surface area (Å²) in [5.74, 6) is 1.09. The van der Waals surface area contributed by atoms with Crippen molar-refractivity contribution < 1.29 is 9.53 Å². The van der Waals surface area contributed by atoms with E-state index in [0.29, 0.717) is 11.5 Å². The Morgan fingerprint density at radius 3 is 2.20 bits per heavy atom. The average molecular weight is 395 g/mol. The van der Waals surface area contributed by atoms with Gasteiger partial charge in [0.1, 0.15) is 11.4 Å². The van der Waals surface area contributed by atoms with E-state index in [0.717, 1.165) is 28.1 Å². The van der Waals surface area contributed by atoms with Crippen LogP contribution in [-0.2, 0) is 11.2 Å². The molecule has 148 valence electrons. The van der Waals surface area contributed by atoms with Crippen LogP contribution in [0.4, 0.5) is 5.82 Å². The highest BCUT2D eigenvalue weighted by molar-refractivity contribution is 5.94. The zero-order chi connectivity index (χ0) is 20.8. The predicted octanol–water partition coefficient (Wildman–Crippen LogP) is 5.00. The third-order valence-corrected chi connectivity index (χ3v) is 4.67. The van der Waals surface area contributed by atoms with Gasteiger partial charge < -0.3 is 10.1 Å². The summed E-state index contributed by atoms with van der Waals surface area (Å²) in [6.45, 7) is 0. The largest absolute Gasteiger partial charge is 0.497 e. The summed E-state index contributed by atoms with van der Waals surface area (Å²) >= 11 is 0.